The summed E-state index contributed by atoms with van der Waals surface area (Å²) in [6.45, 7) is 0. The van der Waals surface area contributed by atoms with Gasteiger partial charge in [-0.15, -0.1) is 12.4 Å². The highest BCUT2D eigenvalue weighted by atomic mass is 35.5. The molecule has 2 rings (SSSR count). The number of carboxylic acids is 1. The number of para-hydroxylation sites is 1. The molecule has 0 aliphatic carbocycles. The van der Waals surface area contributed by atoms with E-state index in [0.29, 0.717) is 5.75 Å². The summed E-state index contributed by atoms with van der Waals surface area (Å²) in [4.78, 5) is 10.6. The molecule has 0 spiro atoms. The first kappa shape index (κ1) is 16.0. The number of hydrogen-bond acceptors (Lipinski definition) is 3. The predicted molar refractivity (Wildman–Crippen MR) is 79.4 cm³/mol. The Morgan fingerprint density at radius 1 is 1.05 bits per heavy atom. The summed E-state index contributed by atoms with van der Waals surface area (Å²) in [6.07, 6.45) is -0.0844. The Morgan fingerprint density at radius 3 is 2.15 bits per heavy atom. The summed E-state index contributed by atoms with van der Waals surface area (Å²) < 4.78 is 5.64. The molecule has 0 bridgehead atoms. The average molecular weight is 294 g/mol. The zero-order valence-electron chi connectivity index (χ0n) is 10.7. The van der Waals surface area contributed by atoms with Crippen LogP contribution in [-0.2, 0) is 4.79 Å². The molecule has 0 saturated heterocycles. The third-order valence-electron chi connectivity index (χ3n) is 2.68. The van der Waals surface area contributed by atoms with Crippen LogP contribution in [0.4, 0.5) is 0 Å². The Bertz CT molecular complexity index is 543. The van der Waals surface area contributed by atoms with E-state index in [4.69, 9.17) is 15.6 Å². The minimum absolute atomic E-state index is 0. The van der Waals surface area contributed by atoms with Gasteiger partial charge in [-0.1, -0.05) is 30.3 Å². The molecular formula is C15H16ClNO3. The van der Waals surface area contributed by atoms with E-state index in [2.05, 4.69) is 0 Å². The molecule has 0 aliphatic heterocycles. The van der Waals surface area contributed by atoms with E-state index in [1.54, 1.807) is 24.3 Å². The highest BCUT2D eigenvalue weighted by Gasteiger charge is 2.10. The van der Waals surface area contributed by atoms with E-state index >= 15 is 0 Å². The summed E-state index contributed by atoms with van der Waals surface area (Å²) in [5.41, 5.74) is 6.56. The Balaban J connectivity index is 0.00000200. The Kier molecular flexibility index (Phi) is 6.03. The van der Waals surface area contributed by atoms with Gasteiger partial charge in [0.05, 0.1) is 6.42 Å². The molecule has 5 heteroatoms. The number of carboxylic acid groups (broad SMARTS) is 1. The maximum atomic E-state index is 10.6. The highest BCUT2D eigenvalue weighted by molar-refractivity contribution is 5.85. The van der Waals surface area contributed by atoms with Gasteiger partial charge in [-0.3, -0.25) is 4.79 Å². The smallest absolute Gasteiger partial charge is 0.305 e. The minimum Gasteiger partial charge on any atom is -0.481 e. The summed E-state index contributed by atoms with van der Waals surface area (Å²) >= 11 is 0. The third-order valence-corrected chi connectivity index (χ3v) is 2.68. The second-order valence-electron chi connectivity index (χ2n) is 4.19. The molecule has 0 aromatic heterocycles. The lowest BCUT2D eigenvalue weighted by Crippen LogP contribution is -2.14. The first-order chi connectivity index (χ1) is 9.15. The van der Waals surface area contributed by atoms with Gasteiger partial charge in [-0.2, -0.15) is 0 Å². The van der Waals surface area contributed by atoms with Gasteiger partial charge in [-0.25, -0.2) is 0 Å². The normalized spacial score (nSPS) is 11.2. The molecule has 0 unspecified atom stereocenters. The summed E-state index contributed by atoms with van der Waals surface area (Å²) in [7, 11) is 0. The number of rotatable bonds is 5. The van der Waals surface area contributed by atoms with E-state index in [1.807, 2.05) is 30.3 Å². The average Bonchev–Trinajstić information content (AvgIpc) is 2.40. The minimum atomic E-state index is -0.905. The van der Waals surface area contributed by atoms with Crippen molar-refractivity contribution in [3.8, 4) is 11.5 Å². The van der Waals surface area contributed by atoms with Crippen LogP contribution in [0.15, 0.2) is 54.6 Å². The largest absolute Gasteiger partial charge is 0.481 e. The SMILES string of the molecule is Cl.N[C@@H](CC(=O)O)c1ccc(Oc2ccccc2)cc1. The van der Waals surface area contributed by atoms with Crippen LogP contribution in [0.1, 0.15) is 18.0 Å². The van der Waals surface area contributed by atoms with E-state index < -0.39 is 12.0 Å². The van der Waals surface area contributed by atoms with Crippen molar-refractivity contribution in [3.05, 3.63) is 60.2 Å². The van der Waals surface area contributed by atoms with Crippen LogP contribution in [-0.4, -0.2) is 11.1 Å². The van der Waals surface area contributed by atoms with Crippen LogP contribution >= 0.6 is 12.4 Å². The number of halogens is 1. The maximum Gasteiger partial charge on any atom is 0.305 e. The first-order valence-electron chi connectivity index (χ1n) is 5.95. The molecule has 2 aromatic rings. The number of carbonyl (C=O) groups is 1. The molecule has 0 aliphatic rings. The molecule has 106 valence electrons. The van der Waals surface area contributed by atoms with Crippen LogP contribution in [0.2, 0.25) is 0 Å². The molecule has 1 atom stereocenters. The Morgan fingerprint density at radius 2 is 1.60 bits per heavy atom. The summed E-state index contributed by atoms with van der Waals surface area (Å²) in [5.74, 6) is 0.541. The van der Waals surface area contributed by atoms with Crippen molar-refractivity contribution in [3.63, 3.8) is 0 Å². The van der Waals surface area contributed by atoms with Gasteiger partial charge in [0.2, 0.25) is 0 Å². The van der Waals surface area contributed by atoms with Crippen molar-refractivity contribution >= 4 is 18.4 Å². The molecular weight excluding hydrogens is 278 g/mol. The summed E-state index contributed by atoms with van der Waals surface area (Å²) in [5, 5.41) is 8.69. The van der Waals surface area contributed by atoms with Gasteiger partial charge in [0.25, 0.3) is 0 Å². The van der Waals surface area contributed by atoms with E-state index in [-0.39, 0.29) is 18.8 Å². The lowest BCUT2D eigenvalue weighted by Gasteiger charge is -2.10. The zero-order valence-corrected chi connectivity index (χ0v) is 11.5. The van der Waals surface area contributed by atoms with Crippen molar-refractivity contribution in [2.45, 2.75) is 12.5 Å². The van der Waals surface area contributed by atoms with Crippen molar-refractivity contribution in [1.82, 2.24) is 0 Å². The Labute approximate surface area is 123 Å². The van der Waals surface area contributed by atoms with Gasteiger partial charge >= 0.3 is 5.97 Å². The molecule has 3 N–H and O–H groups in total. The number of benzene rings is 2. The number of nitrogens with two attached hydrogens (primary N) is 1. The Hall–Kier alpha value is -2.04. The van der Waals surface area contributed by atoms with Gasteiger partial charge < -0.3 is 15.6 Å². The van der Waals surface area contributed by atoms with Gasteiger partial charge in [0.15, 0.2) is 0 Å². The molecule has 20 heavy (non-hydrogen) atoms. The topological polar surface area (TPSA) is 72.6 Å². The monoisotopic (exact) mass is 293 g/mol. The quantitative estimate of drug-likeness (QED) is 0.886. The molecule has 4 nitrogen and oxygen atoms in total. The summed E-state index contributed by atoms with van der Waals surface area (Å²) in [6, 6.07) is 16.1. The predicted octanol–water partition coefficient (Wildman–Crippen LogP) is 3.38. The second-order valence-corrected chi connectivity index (χ2v) is 4.19. The van der Waals surface area contributed by atoms with Crippen LogP contribution in [0.25, 0.3) is 0 Å². The fourth-order valence-electron chi connectivity index (χ4n) is 1.71. The standard InChI is InChI=1S/C15H15NO3.ClH/c16-14(10-15(17)18)11-6-8-13(9-7-11)19-12-4-2-1-3-5-12;/h1-9,14H,10,16H2,(H,17,18);1H/t14-;/m0./s1. The highest BCUT2D eigenvalue weighted by Crippen LogP contribution is 2.23. The van der Waals surface area contributed by atoms with Gasteiger partial charge in [0.1, 0.15) is 11.5 Å². The van der Waals surface area contributed by atoms with Crippen molar-refractivity contribution in [2.75, 3.05) is 0 Å². The molecule has 0 radical (unpaired) electrons. The van der Waals surface area contributed by atoms with Gasteiger partial charge in [0, 0.05) is 6.04 Å². The van der Waals surface area contributed by atoms with Crippen molar-refractivity contribution in [1.29, 1.82) is 0 Å². The maximum absolute atomic E-state index is 10.6. The number of ether oxygens (including phenoxy) is 1. The van der Waals surface area contributed by atoms with Gasteiger partial charge in [-0.05, 0) is 29.8 Å². The fourth-order valence-corrected chi connectivity index (χ4v) is 1.71. The molecule has 0 amide bonds. The lowest BCUT2D eigenvalue weighted by molar-refractivity contribution is -0.137. The van der Waals surface area contributed by atoms with Crippen LogP contribution in [0, 0.1) is 0 Å². The lowest BCUT2D eigenvalue weighted by atomic mass is 10.0. The zero-order chi connectivity index (χ0) is 13.7. The molecule has 0 saturated carbocycles. The number of aliphatic carboxylic acids is 1. The van der Waals surface area contributed by atoms with E-state index in [0.717, 1.165) is 11.3 Å². The van der Waals surface area contributed by atoms with Crippen LogP contribution in [0.5, 0.6) is 11.5 Å². The van der Waals surface area contributed by atoms with Crippen molar-refractivity contribution in [2.24, 2.45) is 5.73 Å². The first-order valence-corrected chi connectivity index (χ1v) is 5.95. The van der Waals surface area contributed by atoms with Crippen LogP contribution in [0.3, 0.4) is 0 Å². The number of hydrogen-bond donors (Lipinski definition) is 2. The van der Waals surface area contributed by atoms with E-state index in [9.17, 15) is 4.79 Å². The van der Waals surface area contributed by atoms with E-state index in [1.165, 1.54) is 0 Å². The molecule has 0 heterocycles. The molecule has 2 aromatic carbocycles. The van der Waals surface area contributed by atoms with Crippen molar-refractivity contribution < 1.29 is 14.6 Å². The molecule has 0 fully saturated rings. The third kappa shape index (κ3) is 4.57. The van der Waals surface area contributed by atoms with Crippen LogP contribution < -0.4 is 10.5 Å². The fraction of sp³-hybridized carbons (Fsp3) is 0.133. The second kappa shape index (κ2) is 7.53.